The summed E-state index contributed by atoms with van der Waals surface area (Å²) in [5.41, 5.74) is 3.56. The van der Waals surface area contributed by atoms with Gasteiger partial charge in [0, 0.05) is 23.8 Å². The van der Waals surface area contributed by atoms with Crippen molar-refractivity contribution in [3.8, 4) is 5.75 Å². The SMILES string of the molecule is COCCOc1ccc(NCc2ccc(C)cc2Br)cc1. The third-order valence-corrected chi connectivity index (χ3v) is 3.84. The van der Waals surface area contributed by atoms with Crippen LogP contribution in [0.3, 0.4) is 0 Å². The first-order valence-corrected chi connectivity index (χ1v) is 7.69. The summed E-state index contributed by atoms with van der Waals surface area (Å²) in [7, 11) is 1.67. The predicted molar refractivity (Wildman–Crippen MR) is 90.0 cm³/mol. The Kier molecular flexibility index (Phi) is 6.08. The summed E-state index contributed by atoms with van der Waals surface area (Å²) < 4.78 is 11.6. The third kappa shape index (κ3) is 5.06. The van der Waals surface area contributed by atoms with Gasteiger partial charge in [-0.1, -0.05) is 28.1 Å². The van der Waals surface area contributed by atoms with Crippen molar-refractivity contribution in [3.05, 3.63) is 58.1 Å². The first-order valence-electron chi connectivity index (χ1n) is 6.90. The lowest BCUT2D eigenvalue weighted by Crippen LogP contribution is -2.04. The fourth-order valence-corrected chi connectivity index (χ4v) is 2.54. The number of ether oxygens (including phenoxy) is 2. The van der Waals surface area contributed by atoms with Gasteiger partial charge in [-0.05, 0) is 48.4 Å². The van der Waals surface area contributed by atoms with E-state index in [2.05, 4.69) is 46.4 Å². The monoisotopic (exact) mass is 349 g/mol. The zero-order valence-corrected chi connectivity index (χ0v) is 13.9. The van der Waals surface area contributed by atoms with Gasteiger partial charge < -0.3 is 14.8 Å². The van der Waals surface area contributed by atoms with Crippen molar-refractivity contribution in [2.24, 2.45) is 0 Å². The molecular weight excluding hydrogens is 330 g/mol. The van der Waals surface area contributed by atoms with Crippen molar-refractivity contribution in [1.29, 1.82) is 0 Å². The van der Waals surface area contributed by atoms with Crippen LogP contribution in [-0.4, -0.2) is 20.3 Å². The van der Waals surface area contributed by atoms with E-state index in [1.165, 1.54) is 11.1 Å². The molecule has 0 aliphatic rings. The van der Waals surface area contributed by atoms with Crippen LogP contribution in [0.2, 0.25) is 0 Å². The van der Waals surface area contributed by atoms with E-state index in [0.717, 1.165) is 22.5 Å². The van der Waals surface area contributed by atoms with E-state index in [0.29, 0.717) is 13.2 Å². The van der Waals surface area contributed by atoms with Gasteiger partial charge in [0.1, 0.15) is 12.4 Å². The van der Waals surface area contributed by atoms with E-state index in [1.807, 2.05) is 24.3 Å². The summed E-state index contributed by atoms with van der Waals surface area (Å²) in [5, 5.41) is 3.41. The second-order valence-corrected chi connectivity index (χ2v) is 5.67. The Bertz CT molecular complexity index is 570. The van der Waals surface area contributed by atoms with Gasteiger partial charge in [-0.3, -0.25) is 0 Å². The average molecular weight is 350 g/mol. The largest absolute Gasteiger partial charge is 0.491 e. The molecule has 2 rings (SSSR count). The zero-order chi connectivity index (χ0) is 15.1. The molecule has 3 nitrogen and oxygen atoms in total. The van der Waals surface area contributed by atoms with Crippen molar-refractivity contribution in [1.82, 2.24) is 0 Å². The van der Waals surface area contributed by atoms with E-state index in [1.54, 1.807) is 7.11 Å². The Morgan fingerprint density at radius 3 is 2.48 bits per heavy atom. The Hall–Kier alpha value is -1.52. The van der Waals surface area contributed by atoms with Gasteiger partial charge in [-0.15, -0.1) is 0 Å². The minimum Gasteiger partial charge on any atom is -0.491 e. The average Bonchev–Trinajstić information content (AvgIpc) is 2.48. The molecule has 112 valence electrons. The quantitative estimate of drug-likeness (QED) is 0.751. The number of nitrogens with one attached hydrogen (secondary N) is 1. The topological polar surface area (TPSA) is 30.5 Å². The summed E-state index contributed by atoms with van der Waals surface area (Å²) >= 11 is 3.60. The van der Waals surface area contributed by atoms with Gasteiger partial charge in [0.2, 0.25) is 0 Å². The molecule has 0 atom stereocenters. The summed E-state index contributed by atoms with van der Waals surface area (Å²) in [6, 6.07) is 14.3. The standard InChI is InChI=1S/C17H20BrNO2/c1-13-3-4-14(17(18)11-13)12-19-15-5-7-16(8-6-15)21-10-9-20-2/h3-8,11,19H,9-10,12H2,1-2H3. The molecule has 0 aliphatic carbocycles. The molecular formula is C17H20BrNO2. The normalized spacial score (nSPS) is 10.4. The highest BCUT2D eigenvalue weighted by molar-refractivity contribution is 9.10. The number of halogens is 1. The maximum absolute atomic E-state index is 5.54. The number of hydrogen-bond donors (Lipinski definition) is 1. The van der Waals surface area contributed by atoms with Crippen LogP contribution in [0.15, 0.2) is 46.9 Å². The molecule has 0 unspecified atom stereocenters. The van der Waals surface area contributed by atoms with Gasteiger partial charge >= 0.3 is 0 Å². The minimum atomic E-state index is 0.569. The first kappa shape index (κ1) is 15.9. The lowest BCUT2D eigenvalue weighted by molar-refractivity contribution is 0.146. The van der Waals surface area contributed by atoms with Crippen LogP contribution < -0.4 is 10.1 Å². The molecule has 0 aliphatic heterocycles. The molecule has 2 aromatic rings. The zero-order valence-electron chi connectivity index (χ0n) is 12.4. The smallest absolute Gasteiger partial charge is 0.119 e. The van der Waals surface area contributed by atoms with Crippen LogP contribution in [0.4, 0.5) is 5.69 Å². The number of rotatable bonds is 7. The van der Waals surface area contributed by atoms with Crippen LogP contribution >= 0.6 is 15.9 Å². The van der Waals surface area contributed by atoms with Crippen LogP contribution in [0.25, 0.3) is 0 Å². The van der Waals surface area contributed by atoms with Crippen LogP contribution in [0.1, 0.15) is 11.1 Å². The second-order valence-electron chi connectivity index (χ2n) is 4.81. The second kappa shape index (κ2) is 8.05. The highest BCUT2D eigenvalue weighted by Crippen LogP contribution is 2.21. The molecule has 4 heteroatoms. The van der Waals surface area contributed by atoms with E-state index in [4.69, 9.17) is 9.47 Å². The minimum absolute atomic E-state index is 0.569. The van der Waals surface area contributed by atoms with Crippen molar-refractivity contribution in [3.63, 3.8) is 0 Å². The Labute approximate surface area is 134 Å². The summed E-state index contributed by atoms with van der Waals surface area (Å²) in [5.74, 6) is 0.856. The molecule has 2 aromatic carbocycles. The fourth-order valence-electron chi connectivity index (χ4n) is 1.90. The van der Waals surface area contributed by atoms with Crippen LogP contribution in [0, 0.1) is 6.92 Å². The number of methoxy groups -OCH3 is 1. The van der Waals surface area contributed by atoms with Gasteiger partial charge in [0.05, 0.1) is 6.61 Å². The van der Waals surface area contributed by atoms with Gasteiger partial charge in [0.15, 0.2) is 0 Å². The molecule has 0 fully saturated rings. The number of benzene rings is 2. The van der Waals surface area contributed by atoms with Crippen molar-refractivity contribution in [2.75, 3.05) is 25.6 Å². The molecule has 0 saturated heterocycles. The summed E-state index contributed by atoms with van der Waals surface area (Å²) in [6.07, 6.45) is 0. The molecule has 0 spiro atoms. The lowest BCUT2D eigenvalue weighted by atomic mass is 10.1. The van der Waals surface area contributed by atoms with Gasteiger partial charge in [-0.25, -0.2) is 0 Å². The van der Waals surface area contributed by atoms with E-state index < -0.39 is 0 Å². The molecule has 0 amide bonds. The molecule has 0 aromatic heterocycles. The Morgan fingerprint density at radius 2 is 1.81 bits per heavy atom. The van der Waals surface area contributed by atoms with Crippen molar-refractivity contribution in [2.45, 2.75) is 13.5 Å². The third-order valence-electron chi connectivity index (χ3n) is 3.10. The van der Waals surface area contributed by atoms with Gasteiger partial charge in [-0.2, -0.15) is 0 Å². The molecule has 0 bridgehead atoms. The van der Waals surface area contributed by atoms with Gasteiger partial charge in [0.25, 0.3) is 0 Å². The van der Waals surface area contributed by atoms with Crippen molar-refractivity contribution >= 4 is 21.6 Å². The molecule has 0 heterocycles. The maximum atomic E-state index is 5.54. The lowest BCUT2D eigenvalue weighted by Gasteiger charge is -2.10. The first-order chi connectivity index (χ1) is 10.2. The van der Waals surface area contributed by atoms with E-state index in [-0.39, 0.29) is 0 Å². The Morgan fingerprint density at radius 1 is 1.05 bits per heavy atom. The predicted octanol–water partition coefficient (Wildman–Crippen LogP) is 4.39. The van der Waals surface area contributed by atoms with Crippen molar-refractivity contribution < 1.29 is 9.47 Å². The van der Waals surface area contributed by atoms with E-state index >= 15 is 0 Å². The molecule has 0 radical (unpaired) electrons. The number of aryl methyl sites for hydroxylation is 1. The molecule has 1 N–H and O–H groups in total. The maximum Gasteiger partial charge on any atom is 0.119 e. The highest BCUT2D eigenvalue weighted by atomic mass is 79.9. The van der Waals surface area contributed by atoms with Crippen LogP contribution in [0.5, 0.6) is 5.75 Å². The number of anilines is 1. The highest BCUT2D eigenvalue weighted by Gasteiger charge is 2.01. The fraction of sp³-hybridized carbons (Fsp3) is 0.294. The molecule has 21 heavy (non-hydrogen) atoms. The van der Waals surface area contributed by atoms with E-state index in [9.17, 15) is 0 Å². The summed E-state index contributed by atoms with van der Waals surface area (Å²) in [6.45, 7) is 4.04. The van der Waals surface area contributed by atoms with Crippen LogP contribution in [-0.2, 0) is 11.3 Å². The summed E-state index contributed by atoms with van der Waals surface area (Å²) in [4.78, 5) is 0. The Balaban J connectivity index is 1.88. The number of hydrogen-bond acceptors (Lipinski definition) is 3. The molecule has 0 saturated carbocycles.